The zero-order valence-corrected chi connectivity index (χ0v) is 18.2. The van der Waals surface area contributed by atoms with E-state index in [2.05, 4.69) is 10.5 Å². The van der Waals surface area contributed by atoms with Crippen molar-refractivity contribution in [3.63, 3.8) is 0 Å². The van der Waals surface area contributed by atoms with Crippen molar-refractivity contribution in [2.75, 3.05) is 6.61 Å². The average Bonchev–Trinajstić information content (AvgIpc) is 2.84. The number of nitrogens with zero attached hydrogens (tertiary/aromatic N) is 1. The SMILES string of the molecule is O=C(COc1ccc2ccccc2c1)N/N=C/c1ccccc1OC(=O)c1ccc(Cl)cc1. The van der Waals surface area contributed by atoms with E-state index in [4.69, 9.17) is 21.1 Å². The van der Waals surface area contributed by atoms with Gasteiger partial charge in [-0.1, -0.05) is 54.1 Å². The van der Waals surface area contributed by atoms with Crippen LogP contribution in [0.1, 0.15) is 15.9 Å². The molecule has 6 nitrogen and oxygen atoms in total. The zero-order chi connectivity index (χ0) is 23.0. The smallest absolute Gasteiger partial charge is 0.343 e. The van der Waals surface area contributed by atoms with Crippen molar-refractivity contribution < 1.29 is 19.1 Å². The van der Waals surface area contributed by atoms with Crippen molar-refractivity contribution in [1.82, 2.24) is 5.43 Å². The molecule has 7 heteroatoms. The van der Waals surface area contributed by atoms with Crippen molar-refractivity contribution in [3.8, 4) is 11.5 Å². The molecule has 0 aliphatic rings. The van der Waals surface area contributed by atoms with E-state index in [9.17, 15) is 9.59 Å². The number of para-hydroxylation sites is 1. The van der Waals surface area contributed by atoms with E-state index in [1.165, 1.54) is 6.21 Å². The highest BCUT2D eigenvalue weighted by Gasteiger charge is 2.11. The summed E-state index contributed by atoms with van der Waals surface area (Å²) in [5.74, 6) is -0.0504. The van der Waals surface area contributed by atoms with Crippen LogP contribution in [0.25, 0.3) is 10.8 Å². The summed E-state index contributed by atoms with van der Waals surface area (Å²) < 4.78 is 11.0. The zero-order valence-electron chi connectivity index (χ0n) is 17.4. The van der Waals surface area contributed by atoms with Crippen LogP contribution in [0.3, 0.4) is 0 Å². The molecule has 1 N–H and O–H groups in total. The molecule has 0 radical (unpaired) electrons. The summed E-state index contributed by atoms with van der Waals surface area (Å²) in [6, 6.07) is 26.7. The lowest BCUT2D eigenvalue weighted by Crippen LogP contribution is -2.24. The first-order valence-electron chi connectivity index (χ1n) is 10.1. The quantitative estimate of drug-likeness (QED) is 0.178. The van der Waals surface area contributed by atoms with Crippen LogP contribution in [0.15, 0.2) is 96.1 Å². The Labute approximate surface area is 195 Å². The Hall–Kier alpha value is -4.16. The molecule has 0 heterocycles. The second kappa shape index (κ2) is 10.4. The largest absolute Gasteiger partial charge is 0.484 e. The maximum atomic E-state index is 12.4. The number of esters is 1. The van der Waals surface area contributed by atoms with Crippen LogP contribution in [-0.4, -0.2) is 24.7 Å². The molecule has 0 fully saturated rings. The van der Waals surface area contributed by atoms with Gasteiger partial charge in [0.2, 0.25) is 0 Å². The van der Waals surface area contributed by atoms with E-state index in [1.807, 2.05) is 42.5 Å². The third kappa shape index (κ3) is 5.96. The Bertz CT molecular complexity index is 1320. The van der Waals surface area contributed by atoms with Crippen LogP contribution >= 0.6 is 11.6 Å². The Morgan fingerprint density at radius 3 is 2.42 bits per heavy atom. The van der Waals surface area contributed by atoms with Crippen LogP contribution in [-0.2, 0) is 4.79 Å². The highest BCUT2D eigenvalue weighted by atomic mass is 35.5. The van der Waals surface area contributed by atoms with Crippen molar-refractivity contribution in [2.24, 2.45) is 5.10 Å². The minimum atomic E-state index is -0.527. The van der Waals surface area contributed by atoms with Gasteiger partial charge in [-0.15, -0.1) is 0 Å². The summed E-state index contributed by atoms with van der Waals surface area (Å²) in [4.78, 5) is 24.5. The lowest BCUT2D eigenvalue weighted by Gasteiger charge is -2.08. The molecule has 0 aliphatic heterocycles. The highest BCUT2D eigenvalue weighted by molar-refractivity contribution is 6.30. The number of benzene rings is 4. The number of rotatable bonds is 7. The molecule has 4 aromatic rings. The summed E-state index contributed by atoms with van der Waals surface area (Å²) in [6.45, 7) is -0.192. The van der Waals surface area contributed by atoms with Crippen molar-refractivity contribution in [1.29, 1.82) is 0 Å². The van der Waals surface area contributed by atoms with Gasteiger partial charge in [-0.3, -0.25) is 4.79 Å². The van der Waals surface area contributed by atoms with Gasteiger partial charge >= 0.3 is 5.97 Å². The fraction of sp³-hybridized carbons (Fsp3) is 0.0385. The number of halogens is 1. The van der Waals surface area contributed by atoms with Gasteiger partial charge in [0.05, 0.1) is 11.8 Å². The van der Waals surface area contributed by atoms with Gasteiger partial charge < -0.3 is 9.47 Å². The number of ether oxygens (including phenoxy) is 2. The molecule has 0 saturated heterocycles. The van der Waals surface area contributed by atoms with Gasteiger partial charge in [-0.25, -0.2) is 10.2 Å². The number of carbonyl (C=O) groups is 2. The first kappa shape index (κ1) is 22.0. The predicted octanol–water partition coefficient (Wildman–Crippen LogP) is 5.24. The number of carbonyl (C=O) groups excluding carboxylic acids is 2. The predicted molar refractivity (Wildman–Crippen MR) is 128 cm³/mol. The van der Waals surface area contributed by atoms with E-state index in [-0.39, 0.29) is 6.61 Å². The van der Waals surface area contributed by atoms with E-state index in [0.29, 0.717) is 27.6 Å². The molecule has 0 spiro atoms. The minimum Gasteiger partial charge on any atom is -0.484 e. The first-order valence-corrected chi connectivity index (χ1v) is 10.5. The monoisotopic (exact) mass is 458 g/mol. The molecule has 4 aromatic carbocycles. The topological polar surface area (TPSA) is 77.0 Å². The van der Waals surface area contributed by atoms with E-state index < -0.39 is 11.9 Å². The Morgan fingerprint density at radius 1 is 0.879 bits per heavy atom. The number of hydrogen-bond donors (Lipinski definition) is 1. The molecule has 0 unspecified atom stereocenters. The van der Waals surface area contributed by atoms with Crippen molar-refractivity contribution in [2.45, 2.75) is 0 Å². The maximum absolute atomic E-state index is 12.4. The molecular formula is C26H19ClN2O4. The van der Waals surface area contributed by atoms with Gasteiger partial charge in [0.1, 0.15) is 11.5 Å². The number of nitrogens with one attached hydrogen (secondary N) is 1. The molecule has 1 amide bonds. The number of hydrogen-bond acceptors (Lipinski definition) is 5. The second-order valence-electron chi connectivity index (χ2n) is 7.03. The third-order valence-corrected chi connectivity index (χ3v) is 4.94. The van der Waals surface area contributed by atoms with Gasteiger partial charge in [-0.05, 0) is 59.3 Å². The van der Waals surface area contributed by atoms with E-state index in [0.717, 1.165) is 10.8 Å². The second-order valence-corrected chi connectivity index (χ2v) is 7.46. The Kier molecular flexibility index (Phi) is 6.97. The molecule has 33 heavy (non-hydrogen) atoms. The van der Waals surface area contributed by atoms with Gasteiger partial charge in [0, 0.05) is 10.6 Å². The minimum absolute atomic E-state index is 0.192. The molecule has 0 aromatic heterocycles. The molecule has 0 saturated carbocycles. The first-order chi connectivity index (χ1) is 16.1. The lowest BCUT2D eigenvalue weighted by atomic mass is 10.1. The Morgan fingerprint density at radius 2 is 1.61 bits per heavy atom. The van der Waals surface area contributed by atoms with Gasteiger partial charge in [0.25, 0.3) is 5.91 Å². The summed E-state index contributed by atoms with van der Waals surface area (Å²) >= 11 is 5.85. The lowest BCUT2D eigenvalue weighted by molar-refractivity contribution is -0.123. The van der Waals surface area contributed by atoms with Crippen LogP contribution < -0.4 is 14.9 Å². The Balaban J connectivity index is 1.33. The van der Waals surface area contributed by atoms with Gasteiger partial charge in [0.15, 0.2) is 6.61 Å². The summed E-state index contributed by atoms with van der Waals surface area (Å²) in [7, 11) is 0. The highest BCUT2D eigenvalue weighted by Crippen LogP contribution is 2.21. The normalized spacial score (nSPS) is 10.8. The number of hydrazone groups is 1. The molecule has 4 rings (SSSR count). The molecule has 0 atom stereocenters. The van der Waals surface area contributed by atoms with Crippen molar-refractivity contribution in [3.05, 3.63) is 107 Å². The molecule has 164 valence electrons. The molecule has 0 aliphatic carbocycles. The molecular weight excluding hydrogens is 440 g/mol. The average molecular weight is 459 g/mol. The number of amides is 1. The maximum Gasteiger partial charge on any atom is 0.343 e. The summed E-state index contributed by atoms with van der Waals surface area (Å²) in [5.41, 5.74) is 3.30. The van der Waals surface area contributed by atoms with Gasteiger partial charge in [-0.2, -0.15) is 5.10 Å². The summed E-state index contributed by atoms with van der Waals surface area (Å²) in [5, 5.41) is 6.59. The van der Waals surface area contributed by atoms with Crippen LogP contribution in [0.4, 0.5) is 0 Å². The molecule has 0 bridgehead atoms. The van der Waals surface area contributed by atoms with Crippen LogP contribution in [0.5, 0.6) is 11.5 Å². The number of fused-ring (bicyclic) bond motifs is 1. The summed E-state index contributed by atoms with van der Waals surface area (Å²) in [6.07, 6.45) is 1.40. The third-order valence-electron chi connectivity index (χ3n) is 4.69. The fourth-order valence-electron chi connectivity index (χ4n) is 3.04. The van der Waals surface area contributed by atoms with E-state index in [1.54, 1.807) is 48.5 Å². The van der Waals surface area contributed by atoms with Crippen LogP contribution in [0.2, 0.25) is 5.02 Å². The van der Waals surface area contributed by atoms with E-state index >= 15 is 0 Å². The standard InChI is InChI=1S/C26H19ClN2O4/c27-22-12-9-19(10-13-22)26(31)33-24-8-4-3-7-21(24)16-28-29-25(30)17-32-23-14-11-18-5-1-2-6-20(18)15-23/h1-16H,17H2,(H,29,30)/b28-16+. The van der Waals surface area contributed by atoms with Crippen LogP contribution in [0, 0.1) is 0 Å². The van der Waals surface area contributed by atoms with Crippen molar-refractivity contribution >= 4 is 40.5 Å². The fourth-order valence-corrected chi connectivity index (χ4v) is 3.16.